The van der Waals surface area contributed by atoms with Crippen LogP contribution in [0.25, 0.3) is 0 Å². The van der Waals surface area contributed by atoms with Crippen molar-refractivity contribution in [2.45, 2.75) is 31.8 Å². The number of sulfonamides is 1. The lowest BCUT2D eigenvalue weighted by Gasteiger charge is -2.26. The smallest absolute Gasteiger partial charge is 0.241 e. The number of hydrogen-bond donors (Lipinski definition) is 1. The summed E-state index contributed by atoms with van der Waals surface area (Å²) in [6.07, 6.45) is 0. The highest BCUT2D eigenvalue weighted by molar-refractivity contribution is 7.89. The topological polar surface area (TPSA) is 67.9 Å². The number of nitrogens with one attached hydrogen (secondary N) is 1. The van der Waals surface area contributed by atoms with Crippen LogP contribution < -0.4 is 9.46 Å². The van der Waals surface area contributed by atoms with Crippen molar-refractivity contribution >= 4 is 10.0 Å². The van der Waals surface area contributed by atoms with Crippen LogP contribution in [0.4, 0.5) is 0 Å². The lowest BCUT2D eigenvalue weighted by molar-refractivity contribution is 0.0342. The maximum atomic E-state index is 12.8. The Morgan fingerprint density at radius 2 is 1.79 bits per heavy atom. The average molecular weight is 405 g/mol. The van der Waals surface area contributed by atoms with E-state index in [1.807, 2.05) is 19.1 Å². The van der Waals surface area contributed by atoms with Gasteiger partial charge in [0.25, 0.3) is 0 Å². The number of methoxy groups -OCH3 is 1. The van der Waals surface area contributed by atoms with E-state index in [4.69, 9.17) is 9.47 Å². The molecule has 0 atom stereocenters. The van der Waals surface area contributed by atoms with Gasteiger partial charge in [-0.3, -0.25) is 4.90 Å². The van der Waals surface area contributed by atoms with E-state index >= 15 is 0 Å². The molecule has 0 bridgehead atoms. The van der Waals surface area contributed by atoms with Crippen LogP contribution in [-0.2, 0) is 27.8 Å². The molecule has 1 aliphatic heterocycles. The van der Waals surface area contributed by atoms with E-state index in [1.54, 1.807) is 26.2 Å². The van der Waals surface area contributed by atoms with E-state index in [1.165, 1.54) is 5.56 Å². The lowest BCUT2D eigenvalue weighted by Crippen LogP contribution is -2.35. The molecule has 0 unspecified atom stereocenters. The first-order valence-electron chi connectivity index (χ1n) is 9.42. The van der Waals surface area contributed by atoms with Crippen LogP contribution in [0.5, 0.6) is 5.75 Å². The Hall–Kier alpha value is -1.93. The molecule has 0 aromatic heterocycles. The minimum Gasteiger partial charge on any atom is -0.496 e. The second-order valence-corrected chi connectivity index (χ2v) is 8.78. The zero-order valence-electron chi connectivity index (χ0n) is 16.7. The van der Waals surface area contributed by atoms with Crippen LogP contribution >= 0.6 is 0 Å². The molecule has 152 valence electrons. The van der Waals surface area contributed by atoms with Crippen molar-refractivity contribution in [2.24, 2.45) is 0 Å². The Labute approximate surface area is 167 Å². The van der Waals surface area contributed by atoms with Gasteiger partial charge >= 0.3 is 0 Å². The molecular weight excluding hydrogens is 376 g/mol. The van der Waals surface area contributed by atoms with E-state index in [9.17, 15) is 8.42 Å². The average Bonchev–Trinajstić information content (AvgIpc) is 2.69. The predicted octanol–water partition coefficient (Wildman–Crippen LogP) is 2.62. The number of morpholine rings is 1. The number of nitrogens with zero attached hydrogens (tertiary/aromatic N) is 1. The minimum atomic E-state index is -3.61. The fourth-order valence-corrected chi connectivity index (χ4v) is 4.71. The third kappa shape index (κ3) is 4.91. The summed E-state index contributed by atoms with van der Waals surface area (Å²) in [4.78, 5) is 2.63. The third-order valence-corrected chi connectivity index (χ3v) is 6.71. The highest BCUT2D eigenvalue weighted by Gasteiger charge is 2.19. The first-order chi connectivity index (χ1) is 13.4. The Morgan fingerprint density at radius 1 is 1.07 bits per heavy atom. The summed E-state index contributed by atoms with van der Waals surface area (Å²) in [5, 5.41) is 0. The fourth-order valence-electron chi connectivity index (χ4n) is 3.39. The lowest BCUT2D eigenvalue weighted by atomic mass is 10.1. The zero-order valence-corrected chi connectivity index (χ0v) is 17.5. The van der Waals surface area contributed by atoms with Gasteiger partial charge in [-0.1, -0.05) is 24.3 Å². The van der Waals surface area contributed by atoms with Gasteiger partial charge in [0.1, 0.15) is 5.75 Å². The molecule has 1 fully saturated rings. The van der Waals surface area contributed by atoms with Crippen LogP contribution in [0, 0.1) is 13.8 Å². The number of benzene rings is 2. The van der Waals surface area contributed by atoms with Crippen molar-refractivity contribution in [3.8, 4) is 5.75 Å². The van der Waals surface area contributed by atoms with Gasteiger partial charge < -0.3 is 9.47 Å². The number of rotatable bonds is 7. The Morgan fingerprint density at radius 3 is 2.50 bits per heavy atom. The maximum Gasteiger partial charge on any atom is 0.241 e. The maximum absolute atomic E-state index is 12.8. The molecule has 0 amide bonds. The number of hydrogen-bond acceptors (Lipinski definition) is 5. The van der Waals surface area contributed by atoms with Crippen LogP contribution in [0.2, 0.25) is 0 Å². The summed E-state index contributed by atoms with van der Waals surface area (Å²) in [5.74, 6) is 0.687. The molecule has 7 heteroatoms. The molecule has 1 heterocycles. The van der Waals surface area contributed by atoms with Gasteiger partial charge in [-0.05, 0) is 48.2 Å². The van der Waals surface area contributed by atoms with Crippen LogP contribution in [0.3, 0.4) is 0 Å². The number of ether oxygens (including phenoxy) is 2. The molecule has 1 aliphatic rings. The molecule has 0 saturated carbocycles. The third-order valence-electron chi connectivity index (χ3n) is 5.16. The summed E-state index contributed by atoms with van der Waals surface area (Å²) in [5.41, 5.74) is 3.65. The van der Waals surface area contributed by atoms with Crippen molar-refractivity contribution in [3.05, 3.63) is 58.7 Å². The fraction of sp³-hybridized carbons (Fsp3) is 0.429. The molecule has 28 heavy (non-hydrogen) atoms. The van der Waals surface area contributed by atoms with Crippen LogP contribution in [0.1, 0.15) is 22.3 Å². The van der Waals surface area contributed by atoms with E-state index in [-0.39, 0.29) is 11.4 Å². The van der Waals surface area contributed by atoms with Crippen LogP contribution in [0.15, 0.2) is 41.3 Å². The highest BCUT2D eigenvalue weighted by atomic mass is 32.2. The van der Waals surface area contributed by atoms with Crippen molar-refractivity contribution in [1.29, 1.82) is 0 Å². The van der Waals surface area contributed by atoms with Crippen molar-refractivity contribution in [2.75, 3.05) is 33.4 Å². The molecule has 0 spiro atoms. The summed E-state index contributed by atoms with van der Waals surface area (Å²) in [6.45, 7) is 8.14. The molecule has 3 rings (SSSR count). The largest absolute Gasteiger partial charge is 0.496 e. The molecule has 2 aromatic rings. The summed E-state index contributed by atoms with van der Waals surface area (Å²) in [7, 11) is -2.03. The zero-order chi connectivity index (χ0) is 20.1. The standard InChI is InChI=1S/C21H28N2O4S/c1-16-17(2)21(8-7-20(16)26-3)28(24,25)22-14-18-5-4-6-19(13-18)15-23-9-11-27-12-10-23/h4-8,13,22H,9-12,14-15H2,1-3H3. The Bertz CT molecular complexity index is 922. The SMILES string of the molecule is COc1ccc(S(=O)(=O)NCc2cccc(CN3CCOCC3)c2)c(C)c1C. The minimum absolute atomic E-state index is 0.254. The molecule has 2 aromatic carbocycles. The molecule has 1 saturated heterocycles. The quantitative estimate of drug-likeness (QED) is 0.768. The van der Waals surface area contributed by atoms with E-state index in [0.717, 1.165) is 44.0 Å². The van der Waals surface area contributed by atoms with Gasteiger partial charge in [0.2, 0.25) is 10.0 Å². The van der Waals surface area contributed by atoms with Crippen molar-refractivity contribution in [1.82, 2.24) is 9.62 Å². The predicted molar refractivity (Wildman–Crippen MR) is 109 cm³/mol. The second-order valence-electron chi connectivity index (χ2n) is 7.05. The van der Waals surface area contributed by atoms with Gasteiger partial charge in [-0.15, -0.1) is 0 Å². The summed E-state index contributed by atoms with van der Waals surface area (Å²) in [6, 6.07) is 11.3. The molecule has 0 radical (unpaired) electrons. The molecule has 1 N–H and O–H groups in total. The van der Waals surface area contributed by atoms with E-state index in [0.29, 0.717) is 11.3 Å². The first-order valence-corrected chi connectivity index (χ1v) is 10.9. The molecule has 6 nitrogen and oxygen atoms in total. The van der Waals surface area contributed by atoms with Gasteiger partial charge in [0.05, 0.1) is 25.2 Å². The highest BCUT2D eigenvalue weighted by Crippen LogP contribution is 2.26. The second kappa shape index (κ2) is 9.05. The molecule has 0 aliphatic carbocycles. The summed E-state index contributed by atoms with van der Waals surface area (Å²) >= 11 is 0. The monoisotopic (exact) mass is 404 g/mol. The van der Waals surface area contributed by atoms with E-state index in [2.05, 4.69) is 21.8 Å². The van der Waals surface area contributed by atoms with Crippen LogP contribution in [-0.4, -0.2) is 46.7 Å². The van der Waals surface area contributed by atoms with Gasteiger partial charge in [0, 0.05) is 26.2 Å². The first kappa shape index (κ1) is 20.8. The van der Waals surface area contributed by atoms with Gasteiger partial charge in [0.15, 0.2) is 0 Å². The van der Waals surface area contributed by atoms with Crippen molar-refractivity contribution < 1.29 is 17.9 Å². The van der Waals surface area contributed by atoms with Gasteiger partial charge in [-0.25, -0.2) is 13.1 Å². The summed E-state index contributed by atoms with van der Waals surface area (Å²) < 4.78 is 39.0. The normalized spacial score (nSPS) is 15.5. The van der Waals surface area contributed by atoms with Gasteiger partial charge in [-0.2, -0.15) is 0 Å². The molecular formula is C21H28N2O4S. The Balaban J connectivity index is 1.69. The van der Waals surface area contributed by atoms with Crippen molar-refractivity contribution in [3.63, 3.8) is 0 Å². The van der Waals surface area contributed by atoms with E-state index < -0.39 is 10.0 Å². The Kier molecular flexibility index (Phi) is 6.72.